The molecule has 1 aromatic carbocycles. The van der Waals surface area contributed by atoms with Crippen molar-refractivity contribution >= 4 is 23.6 Å². The molecule has 0 aliphatic carbocycles. The molecule has 1 N–H and O–H groups in total. The minimum Gasteiger partial charge on any atom is -0.334 e. The van der Waals surface area contributed by atoms with Crippen molar-refractivity contribution < 1.29 is 14.5 Å². The molecule has 0 saturated carbocycles. The zero-order valence-electron chi connectivity index (χ0n) is 13.7. The first-order valence-electron chi connectivity index (χ1n) is 8.12. The number of thioether (sulfide) groups is 1. The number of aryl methyl sites for hydroxylation is 1. The highest BCUT2D eigenvalue weighted by molar-refractivity contribution is 8.00. The van der Waals surface area contributed by atoms with Gasteiger partial charge in [-0.15, -0.1) is 11.8 Å². The Hall–Kier alpha value is -1.53. The molecule has 23 heavy (non-hydrogen) atoms. The summed E-state index contributed by atoms with van der Waals surface area (Å²) in [5.74, 6) is 0.599. The summed E-state index contributed by atoms with van der Waals surface area (Å²) in [7, 11) is 2.15. The maximum absolute atomic E-state index is 12.6. The molecule has 124 valence electrons. The van der Waals surface area contributed by atoms with E-state index in [1.807, 2.05) is 17.0 Å². The lowest BCUT2D eigenvalue weighted by Gasteiger charge is -2.32. The van der Waals surface area contributed by atoms with Crippen molar-refractivity contribution in [3.8, 4) is 0 Å². The van der Waals surface area contributed by atoms with Gasteiger partial charge in [-0.3, -0.25) is 9.59 Å². The predicted octanol–water partition coefficient (Wildman–Crippen LogP) is -0.0741. The minimum atomic E-state index is -0.0364. The van der Waals surface area contributed by atoms with Crippen LogP contribution in [-0.4, -0.2) is 67.1 Å². The van der Waals surface area contributed by atoms with Crippen LogP contribution >= 0.6 is 11.8 Å². The van der Waals surface area contributed by atoms with Crippen LogP contribution < -0.4 is 4.90 Å². The van der Waals surface area contributed by atoms with Crippen molar-refractivity contribution in [2.45, 2.75) is 12.3 Å². The molecule has 0 unspecified atom stereocenters. The number of rotatable bonds is 3. The van der Waals surface area contributed by atoms with Gasteiger partial charge in [0.15, 0.2) is 0 Å². The van der Waals surface area contributed by atoms with E-state index in [4.69, 9.17) is 0 Å². The van der Waals surface area contributed by atoms with Crippen molar-refractivity contribution in [1.29, 1.82) is 0 Å². The number of nitrogens with one attached hydrogen (secondary N) is 1. The molecular weight excluding hydrogens is 310 g/mol. The van der Waals surface area contributed by atoms with E-state index in [0.717, 1.165) is 31.7 Å². The molecule has 2 fully saturated rings. The van der Waals surface area contributed by atoms with E-state index >= 15 is 0 Å². The lowest BCUT2D eigenvalue weighted by Crippen LogP contribution is -3.12. The van der Waals surface area contributed by atoms with Gasteiger partial charge in [-0.1, -0.05) is 24.3 Å². The number of amides is 2. The van der Waals surface area contributed by atoms with Crippen molar-refractivity contribution in [3.63, 3.8) is 0 Å². The van der Waals surface area contributed by atoms with Crippen LogP contribution in [-0.2, 0) is 9.59 Å². The molecule has 6 heteroatoms. The zero-order valence-corrected chi connectivity index (χ0v) is 14.6. The Labute approximate surface area is 141 Å². The summed E-state index contributed by atoms with van der Waals surface area (Å²) >= 11 is 1.62. The Bertz CT molecular complexity index is 599. The maximum atomic E-state index is 12.6. The number of carbonyl (C=O) groups excluding carboxylic acids is 2. The molecule has 2 saturated heterocycles. The largest absolute Gasteiger partial charge is 0.334 e. The number of carbonyl (C=O) groups is 2. The van der Waals surface area contributed by atoms with E-state index in [9.17, 15) is 9.59 Å². The van der Waals surface area contributed by atoms with Crippen LogP contribution in [0.5, 0.6) is 0 Å². The molecule has 0 spiro atoms. The first-order chi connectivity index (χ1) is 11.1. The standard InChI is InChI=1S/C17H23N3O2S/c1-13-5-3-4-6-14(13)17-20(16(22)12-23-17)11-15(21)19-9-7-18(2)8-10-19/h3-6,17H,7-12H2,1-2H3/p+1/t17-/m0/s1. The molecule has 0 aromatic heterocycles. The lowest BCUT2D eigenvalue weighted by molar-refractivity contribution is -0.883. The fourth-order valence-electron chi connectivity index (χ4n) is 3.13. The summed E-state index contributed by atoms with van der Waals surface area (Å²) in [6.07, 6.45) is 0. The van der Waals surface area contributed by atoms with Crippen LogP contribution in [0.3, 0.4) is 0 Å². The number of hydrogen-bond donors (Lipinski definition) is 1. The number of benzene rings is 1. The van der Waals surface area contributed by atoms with Crippen molar-refractivity contribution in [2.75, 3.05) is 45.5 Å². The topological polar surface area (TPSA) is 45.1 Å². The van der Waals surface area contributed by atoms with Gasteiger partial charge in [-0.2, -0.15) is 0 Å². The van der Waals surface area contributed by atoms with Gasteiger partial charge in [-0.05, 0) is 18.1 Å². The van der Waals surface area contributed by atoms with Crippen molar-refractivity contribution in [3.05, 3.63) is 35.4 Å². The van der Waals surface area contributed by atoms with Gasteiger partial charge in [0.05, 0.1) is 39.0 Å². The molecule has 3 rings (SSSR count). The Morgan fingerprint density at radius 3 is 2.70 bits per heavy atom. The fraction of sp³-hybridized carbons (Fsp3) is 0.529. The van der Waals surface area contributed by atoms with Crippen LogP contribution in [0.15, 0.2) is 24.3 Å². The maximum Gasteiger partial charge on any atom is 0.242 e. The molecular formula is C17H24N3O2S+. The van der Waals surface area contributed by atoms with Crippen LogP contribution in [0.4, 0.5) is 0 Å². The van der Waals surface area contributed by atoms with E-state index in [1.54, 1.807) is 16.7 Å². The Balaban J connectivity index is 1.71. The first-order valence-corrected chi connectivity index (χ1v) is 9.17. The number of piperazine rings is 1. The third-order valence-corrected chi connectivity index (χ3v) is 5.94. The van der Waals surface area contributed by atoms with Gasteiger partial charge in [0, 0.05) is 0 Å². The van der Waals surface area contributed by atoms with Crippen molar-refractivity contribution in [2.24, 2.45) is 0 Å². The smallest absolute Gasteiger partial charge is 0.242 e. The number of hydrogen-bond acceptors (Lipinski definition) is 3. The Morgan fingerprint density at radius 1 is 1.30 bits per heavy atom. The second-order valence-electron chi connectivity index (χ2n) is 6.38. The highest BCUT2D eigenvalue weighted by Crippen LogP contribution is 2.39. The molecule has 1 aromatic rings. The summed E-state index contributed by atoms with van der Waals surface area (Å²) in [6.45, 7) is 5.79. The SMILES string of the molecule is Cc1ccccc1[C@@H]1SCC(=O)N1CC(=O)N1CC[NH+](C)CC1. The van der Waals surface area contributed by atoms with Gasteiger partial charge < -0.3 is 14.7 Å². The van der Waals surface area contributed by atoms with E-state index in [2.05, 4.69) is 26.1 Å². The van der Waals surface area contributed by atoms with E-state index in [1.165, 1.54) is 10.5 Å². The Morgan fingerprint density at radius 2 is 2.00 bits per heavy atom. The predicted molar refractivity (Wildman–Crippen MR) is 91.3 cm³/mol. The number of nitrogens with zero attached hydrogens (tertiary/aromatic N) is 2. The lowest BCUT2D eigenvalue weighted by atomic mass is 10.1. The fourth-order valence-corrected chi connectivity index (χ4v) is 4.41. The quantitative estimate of drug-likeness (QED) is 0.841. The van der Waals surface area contributed by atoms with Crippen LogP contribution in [0.2, 0.25) is 0 Å². The first kappa shape index (κ1) is 16.3. The average molecular weight is 334 g/mol. The molecule has 1 atom stereocenters. The third kappa shape index (κ3) is 3.53. The van der Waals surface area contributed by atoms with Gasteiger partial charge in [0.2, 0.25) is 11.8 Å². The van der Waals surface area contributed by atoms with Crippen molar-refractivity contribution in [1.82, 2.24) is 9.80 Å². The second kappa shape index (κ2) is 6.93. The van der Waals surface area contributed by atoms with Gasteiger partial charge in [0.1, 0.15) is 11.9 Å². The van der Waals surface area contributed by atoms with E-state index < -0.39 is 0 Å². The van der Waals surface area contributed by atoms with E-state index in [-0.39, 0.29) is 23.7 Å². The van der Waals surface area contributed by atoms with E-state index in [0.29, 0.717) is 5.75 Å². The van der Waals surface area contributed by atoms with Crippen LogP contribution in [0, 0.1) is 6.92 Å². The number of quaternary nitrogens is 1. The zero-order chi connectivity index (χ0) is 16.4. The minimum absolute atomic E-state index is 0.0364. The number of likely N-dealkylation sites (N-methyl/N-ethyl adjacent to an activating group) is 1. The van der Waals surface area contributed by atoms with Gasteiger partial charge in [0.25, 0.3) is 0 Å². The molecule has 2 aliphatic heterocycles. The molecule has 0 radical (unpaired) electrons. The molecule has 2 heterocycles. The second-order valence-corrected chi connectivity index (χ2v) is 7.45. The summed E-state index contributed by atoms with van der Waals surface area (Å²) in [5, 5.41) is -0.0364. The molecule has 2 amide bonds. The summed E-state index contributed by atoms with van der Waals surface area (Å²) in [5.41, 5.74) is 2.30. The highest BCUT2D eigenvalue weighted by atomic mass is 32.2. The third-order valence-electron chi connectivity index (χ3n) is 4.70. The van der Waals surface area contributed by atoms with Crippen LogP contribution in [0.25, 0.3) is 0 Å². The molecule has 5 nitrogen and oxygen atoms in total. The van der Waals surface area contributed by atoms with Gasteiger partial charge in [-0.25, -0.2) is 0 Å². The van der Waals surface area contributed by atoms with Gasteiger partial charge >= 0.3 is 0 Å². The Kier molecular flexibility index (Phi) is 4.92. The average Bonchev–Trinajstić information content (AvgIpc) is 2.89. The summed E-state index contributed by atoms with van der Waals surface area (Å²) in [6, 6.07) is 8.11. The monoisotopic (exact) mass is 334 g/mol. The molecule has 2 aliphatic rings. The molecule has 0 bridgehead atoms. The summed E-state index contributed by atoms with van der Waals surface area (Å²) in [4.78, 5) is 30.0. The normalized spacial score (nSPS) is 22.7. The summed E-state index contributed by atoms with van der Waals surface area (Å²) < 4.78 is 0. The highest BCUT2D eigenvalue weighted by Gasteiger charge is 2.36. The van der Waals surface area contributed by atoms with Crippen LogP contribution in [0.1, 0.15) is 16.5 Å².